The maximum atomic E-state index is 11.7. The van der Waals surface area contributed by atoms with E-state index in [1.165, 1.54) is 12.0 Å². The number of ether oxygens (including phenoxy) is 1. The van der Waals surface area contributed by atoms with Gasteiger partial charge in [-0.25, -0.2) is 0 Å². The molecule has 1 aliphatic rings. The number of thiophene rings is 1. The third kappa shape index (κ3) is 6.38. The number of aliphatic imine (C=N–C) groups is 1. The molecule has 2 rings (SSSR count). The molecule has 1 N–H and O–H groups in total. The number of hydrogen-bond donors (Lipinski definition) is 1. The molecule has 1 atom stereocenters. The van der Waals surface area contributed by atoms with Gasteiger partial charge >= 0.3 is 5.97 Å². The van der Waals surface area contributed by atoms with Gasteiger partial charge < -0.3 is 19.9 Å². The van der Waals surface area contributed by atoms with Crippen LogP contribution in [0.3, 0.4) is 0 Å². The highest BCUT2D eigenvalue weighted by Gasteiger charge is 2.27. The Morgan fingerprint density at radius 3 is 2.65 bits per heavy atom. The second-order valence-electron chi connectivity index (χ2n) is 6.47. The first-order chi connectivity index (χ1) is 12.1. The van der Waals surface area contributed by atoms with Crippen LogP contribution in [0, 0.1) is 5.92 Å². The Balaban J connectivity index is 0.00000338. The van der Waals surface area contributed by atoms with Gasteiger partial charge in [0.25, 0.3) is 0 Å². The SMILES string of the molecule is CCNC(=NCC(c1cccs1)N(C)C)N1CCC(C(=O)OC)CC1.I. The van der Waals surface area contributed by atoms with Gasteiger partial charge in [0.15, 0.2) is 5.96 Å². The van der Waals surface area contributed by atoms with Gasteiger partial charge in [0.1, 0.15) is 0 Å². The van der Waals surface area contributed by atoms with Crippen molar-refractivity contribution in [2.45, 2.75) is 25.8 Å². The standard InChI is InChI=1S/C18H30N4O2S.HI/c1-5-19-18(22-10-8-14(9-11-22)17(23)24-4)20-13-15(21(2)3)16-7-6-12-25-16;/h6-7,12,14-15H,5,8-11,13H2,1-4H3,(H,19,20);1H. The molecule has 0 aliphatic carbocycles. The molecule has 1 aromatic rings. The monoisotopic (exact) mass is 494 g/mol. The summed E-state index contributed by atoms with van der Waals surface area (Å²) in [5.74, 6) is 0.867. The van der Waals surface area contributed by atoms with Gasteiger partial charge in [-0.2, -0.15) is 0 Å². The number of halogens is 1. The summed E-state index contributed by atoms with van der Waals surface area (Å²) < 4.78 is 4.87. The van der Waals surface area contributed by atoms with Crippen LogP contribution in [0.5, 0.6) is 0 Å². The van der Waals surface area contributed by atoms with Crippen molar-refractivity contribution < 1.29 is 9.53 Å². The van der Waals surface area contributed by atoms with Crippen LogP contribution in [-0.2, 0) is 9.53 Å². The summed E-state index contributed by atoms with van der Waals surface area (Å²) in [6, 6.07) is 4.53. The van der Waals surface area contributed by atoms with E-state index in [0.29, 0.717) is 6.54 Å². The Bertz CT molecular complexity index is 558. The predicted molar refractivity (Wildman–Crippen MR) is 118 cm³/mol. The quantitative estimate of drug-likeness (QED) is 0.285. The molecule has 0 aromatic carbocycles. The fourth-order valence-electron chi connectivity index (χ4n) is 3.08. The minimum Gasteiger partial charge on any atom is -0.469 e. The zero-order valence-corrected chi connectivity index (χ0v) is 19.3. The molecule has 8 heteroatoms. The summed E-state index contributed by atoms with van der Waals surface area (Å²) >= 11 is 1.77. The molecule has 26 heavy (non-hydrogen) atoms. The molecule has 0 amide bonds. The van der Waals surface area contributed by atoms with E-state index in [2.05, 4.69) is 53.6 Å². The molecule has 1 fully saturated rings. The number of hydrogen-bond acceptors (Lipinski definition) is 5. The third-order valence-corrected chi connectivity index (χ3v) is 5.55. The molecule has 0 saturated carbocycles. The lowest BCUT2D eigenvalue weighted by atomic mass is 9.97. The topological polar surface area (TPSA) is 57.2 Å². The largest absolute Gasteiger partial charge is 0.469 e. The van der Waals surface area contributed by atoms with Gasteiger partial charge in [-0.1, -0.05) is 6.07 Å². The van der Waals surface area contributed by atoms with Crippen molar-refractivity contribution in [2.24, 2.45) is 10.9 Å². The maximum Gasteiger partial charge on any atom is 0.308 e. The van der Waals surface area contributed by atoms with E-state index in [1.807, 2.05) is 0 Å². The molecule has 1 aromatic heterocycles. The molecule has 1 saturated heterocycles. The number of likely N-dealkylation sites (N-methyl/N-ethyl adjacent to an activating group) is 1. The summed E-state index contributed by atoms with van der Waals surface area (Å²) in [6.07, 6.45) is 1.64. The second kappa shape index (κ2) is 11.8. The van der Waals surface area contributed by atoms with Crippen molar-refractivity contribution in [3.05, 3.63) is 22.4 Å². The number of likely N-dealkylation sites (tertiary alicyclic amines) is 1. The molecular formula is C18H31IN4O2S. The lowest BCUT2D eigenvalue weighted by Crippen LogP contribution is -2.47. The second-order valence-corrected chi connectivity index (χ2v) is 7.45. The van der Waals surface area contributed by atoms with E-state index in [9.17, 15) is 4.79 Å². The Labute approximate surface area is 178 Å². The first-order valence-corrected chi connectivity index (χ1v) is 9.75. The number of methoxy groups -OCH3 is 1. The molecule has 2 heterocycles. The number of rotatable bonds is 6. The third-order valence-electron chi connectivity index (χ3n) is 4.57. The zero-order chi connectivity index (χ0) is 18.2. The minimum absolute atomic E-state index is 0. The first kappa shape index (κ1) is 23.2. The van der Waals surface area contributed by atoms with E-state index in [4.69, 9.17) is 9.73 Å². The number of carbonyl (C=O) groups excluding carboxylic acids is 1. The van der Waals surface area contributed by atoms with Gasteiger partial charge in [-0.3, -0.25) is 9.79 Å². The number of piperidine rings is 1. The Morgan fingerprint density at radius 1 is 1.46 bits per heavy atom. The van der Waals surface area contributed by atoms with E-state index >= 15 is 0 Å². The highest BCUT2D eigenvalue weighted by atomic mass is 127. The van der Waals surface area contributed by atoms with E-state index in [0.717, 1.165) is 38.4 Å². The number of nitrogens with one attached hydrogen (secondary N) is 1. The van der Waals surface area contributed by atoms with Crippen molar-refractivity contribution in [3.8, 4) is 0 Å². The lowest BCUT2D eigenvalue weighted by Gasteiger charge is -2.33. The summed E-state index contributed by atoms with van der Waals surface area (Å²) in [6.45, 7) is 5.29. The van der Waals surface area contributed by atoms with Gasteiger partial charge in [0.2, 0.25) is 0 Å². The van der Waals surface area contributed by atoms with Crippen LogP contribution in [0.4, 0.5) is 0 Å². The minimum atomic E-state index is -0.0908. The number of nitrogens with zero attached hydrogens (tertiary/aromatic N) is 3. The Morgan fingerprint density at radius 2 is 2.15 bits per heavy atom. The van der Waals surface area contributed by atoms with Crippen LogP contribution >= 0.6 is 35.3 Å². The van der Waals surface area contributed by atoms with Gasteiger partial charge in [0, 0.05) is 24.5 Å². The van der Waals surface area contributed by atoms with Crippen LogP contribution in [0.1, 0.15) is 30.7 Å². The maximum absolute atomic E-state index is 11.7. The Kier molecular flexibility index (Phi) is 10.5. The van der Waals surface area contributed by atoms with E-state index in [-0.39, 0.29) is 41.9 Å². The zero-order valence-electron chi connectivity index (χ0n) is 16.1. The molecule has 0 bridgehead atoms. The summed E-state index contributed by atoms with van der Waals surface area (Å²) in [5, 5.41) is 5.50. The first-order valence-electron chi connectivity index (χ1n) is 8.87. The van der Waals surface area contributed by atoms with Crippen molar-refractivity contribution >= 4 is 47.2 Å². The lowest BCUT2D eigenvalue weighted by molar-refractivity contribution is -0.146. The van der Waals surface area contributed by atoms with Gasteiger partial charge in [-0.05, 0) is 45.3 Å². The molecule has 0 radical (unpaired) electrons. The van der Waals surface area contributed by atoms with Gasteiger partial charge in [-0.15, -0.1) is 35.3 Å². The molecule has 1 unspecified atom stereocenters. The summed E-state index contributed by atoms with van der Waals surface area (Å²) in [7, 11) is 5.65. The van der Waals surface area contributed by atoms with E-state index < -0.39 is 0 Å². The fraction of sp³-hybridized carbons (Fsp3) is 0.667. The normalized spacial score (nSPS) is 17.0. The van der Waals surface area contributed by atoms with Crippen molar-refractivity contribution in [1.82, 2.24) is 15.1 Å². The highest BCUT2D eigenvalue weighted by molar-refractivity contribution is 14.0. The molecule has 6 nitrogen and oxygen atoms in total. The molecule has 148 valence electrons. The summed E-state index contributed by atoms with van der Waals surface area (Å²) in [5.41, 5.74) is 0. The predicted octanol–water partition coefficient (Wildman–Crippen LogP) is 2.82. The van der Waals surface area contributed by atoms with Crippen molar-refractivity contribution in [3.63, 3.8) is 0 Å². The molecule has 1 aliphatic heterocycles. The van der Waals surface area contributed by atoms with E-state index in [1.54, 1.807) is 11.3 Å². The number of guanidine groups is 1. The average Bonchev–Trinajstić information content (AvgIpc) is 3.14. The average molecular weight is 494 g/mol. The molecular weight excluding hydrogens is 463 g/mol. The van der Waals surface area contributed by atoms with Crippen LogP contribution in [0.15, 0.2) is 22.5 Å². The Hall–Kier alpha value is -0.870. The van der Waals surface area contributed by atoms with Crippen molar-refractivity contribution in [1.29, 1.82) is 0 Å². The smallest absolute Gasteiger partial charge is 0.308 e. The fourth-order valence-corrected chi connectivity index (χ4v) is 3.99. The number of esters is 1. The van der Waals surface area contributed by atoms with Crippen molar-refractivity contribution in [2.75, 3.05) is 47.4 Å². The van der Waals surface area contributed by atoms with Crippen LogP contribution in [0.2, 0.25) is 0 Å². The van der Waals surface area contributed by atoms with Gasteiger partial charge in [0.05, 0.1) is 25.6 Å². The summed E-state index contributed by atoms with van der Waals surface area (Å²) in [4.78, 5) is 22.4. The van der Waals surface area contributed by atoms with Crippen LogP contribution in [0.25, 0.3) is 0 Å². The highest BCUT2D eigenvalue weighted by Crippen LogP contribution is 2.24. The molecule has 0 spiro atoms. The van der Waals surface area contributed by atoms with Crippen LogP contribution in [-0.4, -0.2) is 69.1 Å². The number of carbonyl (C=O) groups is 1. The van der Waals surface area contributed by atoms with Crippen LogP contribution < -0.4 is 5.32 Å².